The average molecular weight is 875 g/mol. The number of carbonyl (C=O) groups is 2. The standard InChI is InChI=1S/C50H83O10P/c1-3-5-7-9-11-13-15-17-19-21-23-25-27-29-31-33-35-37-39-41-49(53)57-45-48(46-59-61(55,56)58-44-47(52)43-51)60-50(54)42-40-38-36-34-32-30-28-26-24-22-20-18-16-14-12-10-8-6-4-2/h11-14,17-20,23-26,29-32,47-48,51-52H,3-10,15-16,21-22,27-28,33-46H2,1-2H3,(H,55,56)/b13-11+,14-12+,19-17+,20-18+,25-23+,26-24+,31-29+,32-30+/t47-,48+/m0/s1. The van der Waals surface area contributed by atoms with Crippen LogP contribution in [0.2, 0.25) is 0 Å². The van der Waals surface area contributed by atoms with Gasteiger partial charge in [0.15, 0.2) is 6.10 Å². The Morgan fingerprint density at radius 1 is 0.492 bits per heavy atom. The number of unbranched alkanes of at least 4 members (excludes halogenated alkanes) is 12. The molecule has 3 atom stereocenters. The number of carbonyl (C=O) groups excluding carboxylic acids is 2. The molecule has 0 fully saturated rings. The van der Waals surface area contributed by atoms with Crippen LogP contribution in [0.15, 0.2) is 97.2 Å². The second-order valence-corrected chi connectivity index (χ2v) is 16.5. The van der Waals surface area contributed by atoms with Gasteiger partial charge in [-0.2, -0.15) is 0 Å². The van der Waals surface area contributed by atoms with Crippen molar-refractivity contribution in [3.63, 3.8) is 0 Å². The van der Waals surface area contributed by atoms with Crippen LogP contribution in [0.3, 0.4) is 0 Å². The highest BCUT2D eigenvalue weighted by atomic mass is 31.2. The number of rotatable bonds is 42. The van der Waals surface area contributed by atoms with Gasteiger partial charge in [-0.3, -0.25) is 18.6 Å². The first-order valence-electron chi connectivity index (χ1n) is 23.2. The molecule has 0 rings (SSSR count). The van der Waals surface area contributed by atoms with Crippen molar-refractivity contribution in [1.82, 2.24) is 0 Å². The number of aliphatic hydroxyl groups is 2. The van der Waals surface area contributed by atoms with Crippen LogP contribution in [0.5, 0.6) is 0 Å². The predicted octanol–water partition coefficient (Wildman–Crippen LogP) is 12.8. The quantitative estimate of drug-likeness (QED) is 0.0234. The van der Waals surface area contributed by atoms with Gasteiger partial charge in [0.1, 0.15) is 12.7 Å². The summed E-state index contributed by atoms with van der Waals surface area (Å²) in [7, 11) is -4.64. The summed E-state index contributed by atoms with van der Waals surface area (Å²) < 4.78 is 32.7. The molecular formula is C50H83O10P. The van der Waals surface area contributed by atoms with Crippen molar-refractivity contribution >= 4 is 19.8 Å². The molecule has 0 bridgehead atoms. The zero-order valence-electron chi connectivity index (χ0n) is 37.8. The second-order valence-electron chi connectivity index (χ2n) is 15.1. The van der Waals surface area contributed by atoms with Crippen molar-refractivity contribution in [3.8, 4) is 0 Å². The molecule has 0 heterocycles. The molecule has 0 amide bonds. The Kier molecular flexibility index (Phi) is 42.6. The van der Waals surface area contributed by atoms with Crippen molar-refractivity contribution in [1.29, 1.82) is 0 Å². The number of aliphatic hydroxyl groups excluding tert-OH is 2. The first-order chi connectivity index (χ1) is 29.7. The van der Waals surface area contributed by atoms with Crippen LogP contribution < -0.4 is 0 Å². The van der Waals surface area contributed by atoms with Crippen LogP contribution in [0.1, 0.15) is 168 Å². The molecule has 0 aliphatic rings. The average Bonchev–Trinajstić information content (AvgIpc) is 3.25. The Morgan fingerprint density at radius 2 is 0.852 bits per heavy atom. The Balaban J connectivity index is 4.41. The van der Waals surface area contributed by atoms with E-state index in [1.54, 1.807) is 0 Å². The normalized spacial score (nSPS) is 14.6. The first kappa shape index (κ1) is 57.9. The number of esters is 2. The molecule has 348 valence electrons. The number of hydrogen-bond donors (Lipinski definition) is 3. The third-order valence-corrected chi connectivity index (χ3v) is 10.2. The molecule has 0 radical (unpaired) electrons. The lowest BCUT2D eigenvalue weighted by Crippen LogP contribution is -2.29. The molecule has 61 heavy (non-hydrogen) atoms. The molecule has 0 aromatic carbocycles. The molecule has 3 N–H and O–H groups in total. The van der Waals surface area contributed by atoms with E-state index in [1.165, 1.54) is 51.4 Å². The first-order valence-corrected chi connectivity index (χ1v) is 24.7. The molecule has 0 aliphatic carbocycles. The number of phosphoric acid groups is 1. The lowest BCUT2D eigenvalue weighted by molar-refractivity contribution is -0.161. The summed E-state index contributed by atoms with van der Waals surface area (Å²) in [5.74, 6) is -1.01. The Morgan fingerprint density at radius 3 is 1.25 bits per heavy atom. The minimum Gasteiger partial charge on any atom is -0.462 e. The van der Waals surface area contributed by atoms with Crippen molar-refractivity contribution in [2.75, 3.05) is 26.4 Å². The summed E-state index contributed by atoms with van der Waals surface area (Å²) >= 11 is 0. The topological polar surface area (TPSA) is 149 Å². The Labute approximate surface area is 370 Å². The number of hydrogen-bond acceptors (Lipinski definition) is 9. The minimum absolute atomic E-state index is 0.133. The van der Waals surface area contributed by atoms with Gasteiger partial charge in [-0.15, -0.1) is 0 Å². The molecular weight excluding hydrogens is 792 g/mol. The van der Waals surface area contributed by atoms with Gasteiger partial charge < -0.3 is 24.6 Å². The van der Waals surface area contributed by atoms with Crippen LogP contribution >= 0.6 is 7.82 Å². The van der Waals surface area contributed by atoms with Crippen LogP contribution in [-0.4, -0.2) is 65.7 Å². The summed E-state index contributed by atoms with van der Waals surface area (Å²) in [6, 6.07) is 0. The number of allylic oxidation sites excluding steroid dienone is 16. The maximum Gasteiger partial charge on any atom is 0.472 e. The molecule has 1 unspecified atom stereocenters. The summed E-state index contributed by atoms with van der Waals surface area (Å²) in [5.41, 5.74) is 0. The predicted molar refractivity (Wildman–Crippen MR) is 251 cm³/mol. The van der Waals surface area contributed by atoms with E-state index in [4.69, 9.17) is 19.1 Å². The van der Waals surface area contributed by atoms with E-state index < -0.39 is 51.8 Å². The summed E-state index contributed by atoms with van der Waals surface area (Å²) in [5, 5.41) is 18.4. The summed E-state index contributed by atoms with van der Waals surface area (Å²) in [6.07, 6.45) is 55.1. The smallest absolute Gasteiger partial charge is 0.462 e. The van der Waals surface area contributed by atoms with Crippen LogP contribution in [0.4, 0.5) is 0 Å². The zero-order valence-corrected chi connectivity index (χ0v) is 38.7. The highest BCUT2D eigenvalue weighted by molar-refractivity contribution is 7.47. The van der Waals surface area contributed by atoms with Gasteiger partial charge >= 0.3 is 19.8 Å². The molecule has 0 spiro atoms. The lowest BCUT2D eigenvalue weighted by atomic mass is 10.1. The van der Waals surface area contributed by atoms with Gasteiger partial charge in [-0.25, -0.2) is 4.57 Å². The number of phosphoric ester groups is 1. The van der Waals surface area contributed by atoms with Crippen molar-refractivity contribution in [2.24, 2.45) is 0 Å². The second kappa shape index (κ2) is 44.9. The van der Waals surface area contributed by atoms with Gasteiger partial charge in [0.2, 0.25) is 0 Å². The van der Waals surface area contributed by atoms with E-state index in [-0.39, 0.29) is 19.4 Å². The molecule has 0 aliphatic heterocycles. The molecule has 0 saturated heterocycles. The van der Waals surface area contributed by atoms with Gasteiger partial charge in [0.25, 0.3) is 0 Å². The lowest BCUT2D eigenvalue weighted by Gasteiger charge is -2.20. The number of ether oxygens (including phenoxy) is 2. The van der Waals surface area contributed by atoms with Crippen LogP contribution in [0, 0.1) is 0 Å². The largest absolute Gasteiger partial charge is 0.472 e. The van der Waals surface area contributed by atoms with Gasteiger partial charge in [-0.05, 0) is 103 Å². The maximum absolute atomic E-state index is 12.6. The van der Waals surface area contributed by atoms with E-state index in [2.05, 4.69) is 116 Å². The minimum atomic E-state index is -4.64. The molecule has 0 aromatic heterocycles. The molecule has 10 nitrogen and oxygen atoms in total. The monoisotopic (exact) mass is 875 g/mol. The summed E-state index contributed by atoms with van der Waals surface area (Å²) in [4.78, 5) is 35.1. The molecule has 11 heteroatoms. The highest BCUT2D eigenvalue weighted by Crippen LogP contribution is 2.43. The van der Waals surface area contributed by atoms with E-state index in [0.29, 0.717) is 12.8 Å². The maximum atomic E-state index is 12.6. The van der Waals surface area contributed by atoms with Crippen molar-refractivity contribution < 1.29 is 47.8 Å². The highest BCUT2D eigenvalue weighted by Gasteiger charge is 2.27. The summed E-state index contributed by atoms with van der Waals surface area (Å²) in [6.45, 7) is 2.23. The van der Waals surface area contributed by atoms with Gasteiger partial charge in [-0.1, -0.05) is 150 Å². The van der Waals surface area contributed by atoms with E-state index in [9.17, 15) is 24.2 Å². The van der Waals surface area contributed by atoms with E-state index in [1.807, 2.05) is 0 Å². The van der Waals surface area contributed by atoms with Gasteiger partial charge in [0, 0.05) is 12.8 Å². The molecule has 0 aromatic rings. The fourth-order valence-electron chi connectivity index (χ4n) is 5.61. The zero-order chi connectivity index (χ0) is 44.8. The third kappa shape index (κ3) is 44.7. The van der Waals surface area contributed by atoms with Crippen molar-refractivity contribution in [2.45, 2.75) is 180 Å². The van der Waals surface area contributed by atoms with Crippen molar-refractivity contribution in [3.05, 3.63) is 97.2 Å². The Hall–Kier alpha value is -3.11. The van der Waals surface area contributed by atoms with Crippen LogP contribution in [0.25, 0.3) is 0 Å². The fraction of sp³-hybridized carbons (Fsp3) is 0.640. The SMILES string of the molecule is CCCCC/C=C/C/C=C/C/C=C/C/C=C/CCCCCC(=O)OC[C@H](COP(=O)(O)OC[C@@H](O)CO)OC(=O)CCCCC/C=C/C/C=C/C/C=C/C/C=C/CCCCC. The van der Waals surface area contributed by atoms with Crippen LogP contribution in [-0.2, 0) is 32.7 Å². The molecule has 0 saturated carbocycles. The van der Waals surface area contributed by atoms with Gasteiger partial charge in [0.05, 0.1) is 19.8 Å². The fourth-order valence-corrected chi connectivity index (χ4v) is 6.39. The van der Waals surface area contributed by atoms with E-state index >= 15 is 0 Å². The third-order valence-electron chi connectivity index (χ3n) is 9.21. The Bertz CT molecular complexity index is 1330. The van der Waals surface area contributed by atoms with E-state index in [0.717, 1.165) is 77.0 Å².